The highest BCUT2D eigenvalue weighted by atomic mass is 35.5. The summed E-state index contributed by atoms with van der Waals surface area (Å²) in [5, 5.41) is 14.6. The number of carbonyl (C=O) groups excluding carboxylic acids is 2. The minimum atomic E-state index is -1.07. The largest absolute Gasteiger partial charge is 0.480 e. The molecule has 0 bridgehead atoms. The molecule has 0 aliphatic carbocycles. The molecule has 2 unspecified atom stereocenters. The molecule has 9 heteroatoms. The lowest BCUT2D eigenvalue weighted by atomic mass is 9.97. The Kier molecular flexibility index (Phi) is 13.6. The van der Waals surface area contributed by atoms with Crippen molar-refractivity contribution in [1.82, 2.24) is 10.6 Å². The number of hydrogen-bond donors (Lipinski definition) is 5. The number of carboxylic acid groups (broad SMARTS) is 1. The van der Waals surface area contributed by atoms with Crippen LogP contribution in [-0.4, -0.2) is 47.3 Å². The van der Waals surface area contributed by atoms with Gasteiger partial charge in [0.2, 0.25) is 11.8 Å². The van der Waals surface area contributed by atoms with Crippen LogP contribution in [0.25, 0.3) is 0 Å². The predicted molar refractivity (Wildman–Crippen MR) is 107 cm³/mol. The van der Waals surface area contributed by atoms with Crippen LogP contribution >= 0.6 is 25.0 Å². The molecule has 0 aromatic carbocycles. The summed E-state index contributed by atoms with van der Waals surface area (Å²) in [5.41, 5.74) is 5.42. The number of hydrogen-bond acceptors (Lipinski definition) is 5. The van der Waals surface area contributed by atoms with Crippen molar-refractivity contribution in [3.8, 4) is 0 Å². The van der Waals surface area contributed by atoms with Crippen molar-refractivity contribution >= 4 is 42.8 Å². The zero-order valence-corrected chi connectivity index (χ0v) is 16.8. The number of halogens is 1. The summed E-state index contributed by atoms with van der Waals surface area (Å²) in [6.45, 7) is 0.490. The molecule has 1 aliphatic rings. The van der Waals surface area contributed by atoms with E-state index in [-0.39, 0.29) is 24.2 Å². The highest BCUT2D eigenvalue weighted by Crippen LogP contribution is 2.17. The summed E-state index contributed by atoms with van der Waals surface area (Å²) in [6.07, 6.45) is 6.80. The van der Waals surface area contributed by atoms with Gasteiger partial charge in [-0.2, -0.15) is 12.6 Å². The zero-order chi connectivity index (χ0) is 18.7. The van der Waals surface area contributed by atoms with E-state index in [0.29, 0.717) is 38.0 Å². The molecular weight excluding hydrogens is 378 g/mol. The summed E-state index contributed by atoms with van der Waals surface area (Å²) in [6, 6.07) is -1.64. The van der Waals surface area contributed by atoms with E-state index >= 15 is 0 Å². The molecule has 1 heterocycles. The third-order valence-electron chi connectivity index (χ3n) is 4.58. The maximum Gasteiger partial charge on any atom is 0.326 e. The fraction of sp³-hybridized carbons (Fsp3) is 0.824. The van der Waals surface area contributed by atoms with E-state index in [1.807, 2.05) is 0 Å². The van der Waals surface area contributed by atoms with Gasteiger partial charge in [-0.1, -0.05) is 25.7 Å². The molecule has 152 valence electrons. The fourth-order valence-electron chi connectivity index (χ4n) is 2.98. The number of amides is 2. The molecule has 0 radical (unpaired) electrons. The molecule has 26 heavy (non-hydrogen) atoms. The monoisotopic (exact) mass is 409 g/mol. The van der Waals surface area contributed by atoms with Gasteiger partial charge in [0.15, 0.2) is 0 Å². The van der Waals surface area contributed by atoms with Crippen molar-refractivity contribution in [3.05, 3.63) is 0 Å². The number of unbranched alkanes of at least 4 members (excludes halogenated alkanes) is 1. The van der Waals surface area contributed by atoms with Crippen LogP contribution in [-0.2, 0) is 14.4 Å². The van der Waals surface area contributed by atoms with Gasteiger partial charge in [-0.15, -0.1) is 12.4 Å². The third-order valence-corrected chi connectivity index (χ3v) is 5.02. The van der Waals surface area contributed by atoms with Crippen LogP contribution < -0.4 is 16.4 Å². The highest BCUT2D eigenvalue weighted by Gasteiger charge is 2.28. The van der Waals surface area contributed by atoms with Crippen LogP contribution in [0.2, 0.25) is 0 Å². The number of carboxylic acids is 1. The summed E-state index contributed by atoms with van der Waals surface area (Å²) in [5.74, 6) is -1.43. The minimum Gasteiger partial charge on any atom is -0.480 e. The second-order valence-corrected chi connectivity index (χ2v) is 6.98. The number of thiol groups is 1. The van der Waals surface area contributed by atoms with Gasteiger partial charge in [-0.25, -0.2) is 4.79 Å². The predicted octanol–water partition coefficient (Wildman–Crippen LogP) is 1.49. The second kappa shape index (κ2) is 14.1. The molecule has 1 rings (SSSR count). The smallest absolute Gasteiger partial charge is 0.326 e. The molecule has 5 N–H and O–H groups in total. The Balaban J connectivity index is 0.00000625. The first-order valence-corrected chi connectivity index (χ1v) is 9.77. The maximum absolute atomic E-state index is 12.5. The van der Waals surface area contributed by atoms with Crippen LogP contribution in [0.1, 0.15) is 57.8 Å². The Bertz CT molecular complexity index is 454. The van der Waals surface area contributed by atoms with E-state index in [4.69, 9.17) is 5.73 Å². The normalized spacial score (nSPS) is 22.5. The topological polar surface area (TPSA) is 122 Å². The van der Waals surface area contributed by atoms with Crippen molar-refractivity contribution in [3.63, 3.8) is 0 Å². The van der Waals surface area contributed by atoms with Gasteiger partial charge >= 0.3 is 5.97 Å². The van der Waals surface area contributed by atoms with Crippen molar-refractivity contribution < 1.29 is 19.5 Å². The Morgan fingerprint density at radius 3 is 2.46 bits per heavy atom. The first-order chi connectivity index (χ1) is 12.0. The Labute approximate surface area is 167 Å². The van der Waals surface area contributed by atoms with Gasteiger partial charge in [0.05, 0.1) is 0 Å². The number of nitrogens with one attached hydrogen (secondary N) is 2. The highest BCUT2D eigenvalue weighted by molar-refractivity contribution is 7.80. The summed E-state index contributed by atoms with van der Waals surface area (Å²) >= 11 is 4.23. The molecule has 0 saturated carbocycles. The van der Waals surface area contributed by atoms with Crippen LogP contribution in [0.15, 0.2) is 0 Å². The number of carbonyl (C=O) groups is 3. The van der Waals surface area contributed by atoms with Crippen molar-refractivity contribution in [2.24, 2.45) is 11.7 Å². The fourth-order valence-corrected chi connectivity index (χ4v) is 3.33. The molecule has 1 fully saturated rings. The number of rotatable bonds is 8. The molecule has 7 nitrogen and oxygen atoms in total. The molecule has 0 aromatic heterocycles. The van der Waals surface area contributed by atoms with E-state index in [1.165, 1.54) is 0 Å². The molecule has 0 spiro atoms. The lowest BCUT2D eigenvalue weighted by Crippen LogP contribution is -2.52. The second-order valence-electron chi connectivity index (χ2n) is 6.62. The Morgan fingerprint density at radius 2 is 1.88 bits per heavy atom. The van der Waals surface area contributed by atoms with Crippen LogP contribution in [0.5, 0.6) is 0 Å². The average Bonchev–Trinajstić information content (AvgIpc) is 2.58. The van der Waals surface area contributed by atoms with Gasteiger partial charge in [0, 0.05) is 11.7 Å². The molecule has 1 saturated heterocycles. The first kappa shape index (κ1) is 25.0. The van der Waals surface area contributed by atoms with Crippen LogP contribution in [0.4, 0.5) is 0 Å². The van der Waals surface area contributed by atoms with Gasteiger partial charge in [0.1, 0.15) is 12.1 Å². The van der Waals surface area contributed by atoms with E-state index in [0.717, 1.165) is 32.1 Å². The first-order valence-electron chi connectivity index (χ1n) is 9.14. The van der Waals surface area contributed by atoms with Crippen LogP contribution in [0.3, 0.4) is 0 Å². The third kappa shape index (κ3) is 9.09. The van der Waals surface area contributed by atoms with Gasteiger partial charge in [-0.05, 0) is 38.6 Å². The summed E-state index contributed by atoms with van der Waals surface area (Å²) in [7, 11) is 0. The van der Waals surface area contributed by atoms with Crippen molar-refractivity contribution in [2.45, 2.75) is 69.9 Å². The lowest BCUT2D eigenvalue weighted by Gasteiger charge is -2.24. The van der Waals surface area contributed by atoms with E-state index < -0.39 is 24.0 Å². The van der Waals surface area contributed by atoms with Gasteiger partial charge in [-0.3, -0.25) is 9.59 Å². The molecule has 3 atom stereocenters. The van der Waals surface area contributed by atoms with E-state index in [9.17, 15) is 19.5 Å². The van der Waals surface area contributed by atoms with Crippen molar-refractivity contribution in [2.75, 3.05) is 12.3 Å². The van der Waals surface area contributed by atoms with Crippen molar-refractivity contribution in [1.29, 1.82) is 0 Å². The Hall–Kier alpha value is -0.990. The number of aliphatic carboxylic acids is 1. The lowest BCUT2D eigenvalue weighted by molar-refractivity contribution is -0.142. The van der Waals surface area contributed by atoms with E-state index in [2.05, 4.69) is 23.3 Å². The molecule has 2 amide bonds. The summed E-state index contributed by atoms with van der Waals surface area (Å²) < 4.78 is 0. The summed E-state index contributed by atoms with van der Waals surface area (Å²) in [4.78, 5) is 36.2. The van der Waals surface area contributed by atoms with Crippen LogP contribution in [0, 0.1) is 5.92 Å². The zero-order valence-electron chi connectivity index (χ0n) is 15.1. The van der Waals surface area contributed by atoms with Gasteiger partial charge < -0.3 is 21.5 Å². The Morgan fingerprint density at radius 1 is 1.23 bits per heavy atom. The van der Waals surface area contributed by atoms with E-state index in [1.54, 1.807) is 0 Å². The standard InChI is InChI=1S/C17H31N3O4S.ClH/c18-10-6-5-9-14(17(23)24)20-16(22)13-8-4-2-1-3-7-12(11-25)15(21)19-13;/h12-14,25H,1-11,18H2,(H,19,21)(H,20,22)(H,23,24);1H/t12?,13?,14-;/m1./s1. The maximum atomic E-state index is 12.5. The van der Waals surface area contributed by atoms with Gasteiger partial charge in [0.25, 0.3) is 0 Å². The minimum absolute atomic E-state index is 0. The average molecular weight is 410 g/mol. The quantitative estimate of drug-likeness (QED) is 0.307. The molecule has 0 aromatic rings. The molecular formula is C17H32ClN3O4S. The molecule has 1 aliphatic heterocycles. The number of nitrogens with two attached hydrogens (primary N) is 1. The SMILES string of the molecule is Cl.NCCCC[C@@H](NC(=O)C1CCCCCCC(CS)C(=O)N1)C(=O)O.